The Balaban J connectivity index is 1.24. The van der Waals surface area contributed by atoms with E-state index in [0.29, 0.717) is 16.6 Å². The highest BCUT2D eigenvalue weighted by Gasteiger charge is 2.53. The molecule has 0 saturated carbocycles. The van der Waals surface area contributed by atoms with Crippen molar-refractivity contribution >= 4 is 25.9 Å². The summed E-state index contributed by atoms with van der Waals surface area (Å²) in [6.07, 6.45) is 64.4. The Morgan fingerprint density at radius 2 is 1.63 bits per heavy atom. The van der Waals surface area contributed by atoms with Gasteiger partial charge in [-0.2, -0.15) is 0 Å². The minimum absolute atomic E-state index is 0.462. The predicted molar refractivity (Wildman–Crippen MR) is 220 cm³/mol. The molecule has 7 aliphatic rings. The minimum Gasteiger partial charge on any atom is -0.405 e. The van der Waals surface area contributed by atoms with Crippen LogP contribution in [0.5, 0.6) is 0 Å². The van der Waals surface area contributed by atoms with Crippen LogP contribution in [0, 0.1) is 0 Å². The first-order chi connectivity index (χ1) is 25.2. The van der Waals surface area contributed by atoms with Gasteiger partial charge in [-0.3, -0.25) is 0 Å². The van der Waals surface area contributed by atoms with E-state index in [0.717, 1.165) is 70.0 Å². The fourth-order valence-electron chi connectivity index (χ4n) is 9.77. The standard InChI is InChI=1S/C46H52N4Si/c1-2-35(28-31-47)49(38-29-32-48-33-30-38)37-22-24-41(25-23-37)51(39-16-8-4-9-17-39,40-18-10-5-11-19-40)42-26-27-46-44(34-42)43-20-12-13-21-45(43)50(46)36-14-6-3-7-15-36/h2,4,6,8-10,12,14-16,18-20,22-24,26-32,39,41-42,48H,3,5,7,11,13,17,21,25,33-34,47H2,1H3/b31-28-,35-2+. The molecule has 0 saturated heterocycles. The van der Waals surface area contributed by atoms with Crippen LogP contribution in [0.4, 0.5) is 0 Å². The van der Waals surface area contributed by atoms with E-state index >= 15 is 0 Å². The highest BCUT2D eigenvalue weighted by atomic mass is 28.3. The highest BCUT2D eigenvalue weighted by Crippen LogP contribution is 2.57. The summed E-state index contributed by atoms with van der Waals surface area (Å²) in [4.78, 5) is 2.36. The van der Waals surface area contributed by atoms with Crippen molar-refractivity contribution in [1.82, 2.24) is 14.8 Å². The molecule has 51 heavy (non-hydrogen) atoms. The van der Waals surface area contributed by atoms with Crippen LogP contribution in [0.2, 0.25) is 16.6 Å². The lowest BCUT2D eigenvalue weighted by molar-refractivity contribution is 0.561. The molecule has 1 aromatic heterocycles. The summed E-state index contributed by atoms with van der Waals surface area (Å²) in [5.74, 6) is 0. The first kappa shape index (κ1) is 33.4. The van der Waals surface area contributed by atoms with Crippen molar-refractivity contribution in [3.8, 4) is 0 Å². The molecule has 3 N–H and O–H groups in total. The van der Waals surface area contributed by atoms with Crippen molar-refractivity contribution in [2.45, 2.75) is 81.3 Å². The first-order valence-corrected chi connectivity index (χ1v) is 21.5. The van der Waals surface area contributed by atoms with Gasteiger partial charge in [0.2, 0.25) is 0 Å². The number of rotatable bonds is 9. The number of nitrogens with two attached hydrogens (primary N) is 1. The second kappa shape index (κ2) is 14.9. The molecule has 8 rings (SSSR count). The Morgan fingerprint density at radius 1 is 0.804 bits per heavy atom. The molecule has 1 aliphatic heterocycles. The maximum absolute atomic E-state index is 5.98. The molecule has 4 unspecified atom stereocenters. The van der Waals surface area contributed by atoms with Crippen LogP contribution in [-0.4, -0.2) is 24.1 Å². The van der Waals surface area contributed by atoms with Gasteiger partial charge in [-0.25, -0.2) is 0 Å². The lowest BCUT2D eigenvalue weighted by Crippen LogP contribution is -2.51. The van der Waals surface area contributed by atoms with Crippen LogP contribution < -0.4 is 11.1 Å². The van der Waals surface area contributed by atoms with Gasteiger partial charge < -0.3 is 20.5 Å². The van der Waals surface area contributed by atoms with E-state index in [9.17, 15) is 0 Å². The molecule has 0 bridgehead atoms. The molecule has 0 radical (unpaired) electrons. The summed E-state index contributed by atoms with van der Waals surface area (Å²) in [6.45, 7) is 2.91. The molecule has 1 aromatic rings. The third-order valence-corrected chi connectivity index (χ3v) is 18.3. The van der Waals surface area contributed by atoms with Crippen molar-refractivity contribution < 1.29 is 0 Å². The quantitative estimate of drug-likeness (QED) is 0.201. The zero-order chi connectivity index (χ0) is 34.6. The van der Waals surface area contributed by atoms with Gasteiger partial charge in [-0.05, 0) is 141 Å². The molecule has 260 valence electrons. The number of nitrogens with zero attached hydrogens (tertiary/aromatic N) is 2. The van der Waals surface area contributed by atoms with Gasteiger partial charge in [0, 0.05) is 40.7 Å². The predicted octanol–water partition coefficient (Wildman–Crippen LogP) is 10.6. The molecule has 0 spiro atoms. The van der Waals surface area contributed by atoms with Crippen LogP contribution in [-0.2, 0) is 12.8 Å². The summed E-state index contributed by atoms with van der Waals surface area (Å²) in [6, 6.07) is 0. The lowest BCUT2D eigenvalue weighted by Gasteiger charge is -2.50. The molecular formula is C46H52N4Si. The zero-order valence-electron chi connectivity index (χ0n) is 30.1. The SMILES string of the molecule is C/C=C(\C=C/N)N(C1=CCNC=C1)C1=CCC([Si](C2=CCCC=C2)(C2C=CC=CC2)C2C=Cc3c(c4c(n3C3=CCCC=C3)CCC=C4)C2)C=C1. The lowest BCUT2D eigenvalue weighted by atomic mass is 9.95. The average Bonchev–Trinajstić information content (AvgIpc) is 3.54. The molecule has 2 heterocycles. The number of nitrogens with one attached hydrogen (secondary N) is 1. The summed E-state index contributed by atoms with van der Waals surface area (Å²) >= 11 is 0. The van der Waals surface area contributed by atoms with E-state index < -0.39 is 8.07 Å². The average molecular weight is 689 g/mol. The van der Waals surface area contributed by atoms with Gasteiger partial charge in [0.05, 0.1) is 0 Å². The van der Waals surface area contributed by atoms with Crippen LogP contribution in [0.25, 0.3) is 17.8 Å². The van der Waals surface area contributed by atoms with Gasteiger partial charge in [-0.15, -0.1) is 0 Å². The summed E-state index contributed by atoms with van der Waals surface area (Å²) in [5.41, 5.74) is 18.3. The van der Waals surface area contributed by atoms with Crippen molar-refractivity contribution in [3.05, 3.63) is 173 Å². The van der Waals surface area contributed by atoms with Gasteiger partial charge in [0.15, 0.2) is 0 Å². The van der Waals surface area contributed by atoms with Gasteiger partial charge in [0.1, 0.15) is 8.07 Å². The third-order valence-electron chi connectivity index (χ3n) is 12.0. The van der Waals surface area contributed by atoms with Crippen LogP contribution in [0.15, 0.2) is 150 Å². The molecule has 6 aliphatic carbocycles. The molecule has 0 fully saturated rings. The molecule has 0 aromatic carbocycles. The van der Waals surface area contributed by atoms with Crippen molar-refractivity contribution in [1.29, 1.82) is 0 Å². The number of hydrogen-bond donors (Lipinski definition) is 2. The molecule has 5 heteroatoms. The van der Waals surface area contributed by atoms with Crippen molar-refractivity contribution in [3.63, 3.8) is 0 Å². The minimum atomic E-state index is -2.34. The van der Waals surface area contributed by atoms with Gasteiger partial charge in [-0.1, -0.05) is 96.3 Å². The Kier molecular flexibility index (Phi) is 9.73. The number of hydrogen-bond acceptors (Lipinski definition) is 3. The van der Waals surface area contributed by atoms with Crippen LogP contribution in [0.1, 0.15) is 74.4 Å². The van der Waals surface area contributed by atoms with E-state index in [4.69, 9.17) is 5.73 Å². The summed E-state index contributed by atoms with van der Waals surface area (Å²) < 4.78 is 2.62. The fraction of sp³-hybridized carbons (Fsp3) is 0.304. The Bertz CT molecular complexity index is 1970. The number of aromatic nitrogens is 1. The zero-order valence-corrected chi connectivity index (χ0v) is 31.1. The molecule has 0 amide bonds. The second-order valence-corrected chi connectivity index (χ2v) is 19.3. The normalized spacial score (nSPS) is 26.2. The first-order valence-electron chi connectivity index (χ1n) is 19.3. The third kappa shape index (κ3) is 6.06. The number of fused-ring (bicyclic) bond motifs is 3. The summed E-state index contributed by atoms with van der Waals surface area (Å²) in [5, 5.41) is 4.98. The van der Waals surface area contributed by atoms with E-state index in [2.05, 4.69) is 143 Å². The largest absolute Gasteiger partial charge is 0.405 e. The van der Waals surface area contributed by atoms with Gasteiger partial charge >= 0.3 is 0 Å². The molecule has 4 nitrogen and oxygen atoms in total. The molecular weight excluding hydrogens is 637 g/mol. The van der Waals surface area contributed by atoms with Gasteiger partial charge in [0.25, 0.3) is 0 Å². The van der Waals surface area contributed by atoms with Crippen LogP contribution >= 0.6 is 0 Å². The van der Waals surface area contributed by atoms with E-state index in [1.165, 1.54) is 34.0 Å². The number of allylic oxidation sites excluding steroid dienone is 20. The summed E-state index contributed by atoms with van der Waals surface area (Å²) in [7, 11) is -2.34. The van der Waals surface area contributed by atoms with E-state index in [-0.39, 0.29) is 0 Å². The Hall–Kier alpha value is -4.74. The molecule has 4 atom stereocenters. The fourth-order valence-corrected chi connectivity index (χ4v) is 16.4. The number of dihydropyridines is 1. The van der Waals surface area contributed by atoms with Crippen molar-refractivity contribution in [2.75, 3.05) is 6.54 Å². The van der Waals surface area contributed by atoms with Crippen LogP contribution in [0.3, 0.4) is 0 Å². The van der Waals surface area contributed by atoms with Crippen molar-refractivity contribution in [2.24, 2.45) is 5.73 Å². The Morgan fingerprint density at radius 3 is 2.33 bits per heavy atom. The maximum atomic E-state index is 5.98. The highest BCUT2D eigenvalue weighted by molar-refractivity contribution is 6.92. The topological polar surface area (TPSA) is 46.2 Å². The smallest absolute Gasteiger partial charge is 0.107 e. The van der Waals surface area contributed by atoms with E-state index in [1.54, 1.807) is 17.0 Å². The Labute approximate surface area is 306 Å². The van der Waals surface area contributed by atoms with E-state index in [1.807, 2.05) is 12.3 Å². The maximum Gasteiger partial charge on any atom is 0.107 e. The second-order valence-electron chi connectivity index (χ2n) is 14.6. The monoisotopic (exact) mass is 688 g/mol.